The average molecular weight is 304 g/mol. The van der Waals surface area contributed by atoms with Crippen LogP contribution in [0.1, 0.15) is 71.6 Å². The van der Waals surface area contributed by atoms with Crippen molar-refractivity contribution in [3.63, 3.8) is 0 Å². The van der Waals surface area contributed by atoms with Gasteiger partial charge in [-0.25, -0.2) is 0 Å². The molecule has 0 radical (unpaired) electrons. The fourth-order valence-corrected chi connectivity index (χ4v) is 5.11. The van der Waals surface area contributed by atoms with Crippen molar-refractivity contribution >= 4 is 0 Å². The molecule has 2 aliphatic carbocycles. The summed E-state index contributed by atoms with van der Waals surface area (Å²) in [5.41, 5.74) is 1.68. The lowest BCUT2D eigenvalue weighted by molar-refractivity contribution is 0.183. The molecule has 2 fully saturated rings. The summed E-state index contributed by atoms with van der Waals surface area (Å²) < 4.78 is 0. The molecule has 0 heterocycles. The molecule has 1 heteroatoms. The third-order valence-corrected chi connectivity index (χ3v) is 6.45. The van der Waals surface area contributed by atoms with Crippen LogP contribution in [0.4, 0.5) is 0 Å². The van der Waals surface area contributed by atoms with Crippen molar-refractivity contribution in [2.75, 3.05) is 7.05 Å². The summed E-state index contributed by atoms with van der Waals surface area (Å²) >= 11 is 0. The van der Waals surface area contributed by atoms with Gasteiger partial charge >= 0.3 is 0 Å². The fraction of sp³-hybridized carbons (Fsp3) is 0.810. The lowest BCUT2D eigenvalue weighted by Gasteiger charge is -2.38. The van der Waals surface area contributed by atoms with E-state index in [-0.39, 0.29) is 0 Å². The highest BCUT2D eigenvalue weighted by Crippen LogP contribution is 2.41. The van der Waals surface area contributed by atoms with Gasteiger partial charge < -0.3 is 5.32 Å². The average Bonchev–Trinajstić information content (AvgIpc) is 2.54. The van der Waals surface area contributed by atoms with Crippen LogP contribution in [0.15, 0.2) is 24.3 Å². The standard InChI is InChI=1S/C21H37N/c1-5-9-19(20-10-7-8-11-21(20)22-4)15-17-12-13-18(6-2)16(3)14-17/h5,9,16-18,20-22H,1,6-8,10-15H2,2-4H3/b19-9+/t16-,17?,18?,20-,21?/m1/s1. The lowest BCUT2D eigenvalue weighted by atomic mass is 9.69. The van der Waals surface area contributed by atoms with Gasteiger partial charge in [0.2, 0.25) is 0 Å². The predicted octanol–water partition coefficient (Wildman–Crippen LogP) is 5.73. The van der Waals surface area contributed by atoms with Crippen LogP contribution in [0, 0.1) is 23.7 Å². The second kappa shape index (κ2) is 8.91. The molecule has 0 aromatic heterocycles. The summed E-state index contributed by atoms with van der Waals surface area (Å²) in [6, 6.07) is 0.685. The molecule has 0 saturated heterocycles. The number of hydrogen-bond donors (Lipinski definition) is 1. The number of nitrogens with one attached hydrogen (secondary N) is 1. The third-order valence-electron chi connectivity index (χ3n) is 6.45. The summed E-state index contributed by atoms with van der Waals surface area (Å²) in [4.78, 5) is 0. The van der Waals surface area contributed by atoms with Gasteiger partial charge in [0.15, 0.2) is 0 Å². The van der Waals surface area contributed by atoms with E-state index in [1.807, 2.05) is 6.08 Å². The van der Waals surface area contributed by atoms with E-state index in [0.717, 1.165) is 23.7 Å². The van der Waals surface area contributed by atoms with E-state index in [2.05, 4.69) is 38.9 Å². The molecule has 0 bridgehead atoms. The topological polar surface area (TPSA) is 12.0 Å². The van der Waals surface area contributed by atoms with Gasteiger partial charge in [-0.05, 0) is 69.2 Å². The normalized spacial score (nSPS) is 37.0. The van der Waals surface area contributed by atoms with Crippen LogP contribution in [-0.4, -0.2) is 13.1 Å². The maximum atomic E-state index is 3.98. The molecule has 2 saturated carbocycles. The Balaban J connectivity index is 2.00. The highest BCUT2D eigenvalue weighted by molar-refractivity contribution is 5.17. The van der Waals surface area contributed by atoms with E-state index in [1.54, 1.807) is 5.57 Å². The molecule has 5 atom stereocenters. The Labute approximate surface area is 138 Å². The molecule has 3 unspecified atom stereocenters. The minimum Gasteiger partial charge on any atom is -0.316 e. The molecule has 1 nitrogen and oxygen atoms in total. The minimum absolute atomic E-state index is 0.685. The van der Waals surface area contributed by atoms with Crippen LogP contribution in [-0.2, 0) is 0 Å². The molecule has 0 aliphatic heterocycles. The van der Waals surface area contributed by atoms with Gasteiger partial charge in [-0.3, -0.25) is 0 Å². The first-order valence-electron chi connectivity index (χ1n) is 9.68. The summed E-state index contributed by atoms with van der Waals surface area (Å²) in [6.07, 6.45) is 16.9. The zero-order valence-corrected chi connectivity index (χ0v) is 15.1. The first-order valence-corrected chi connectivity index (χ1v) is 9.68. The van der Waals surface area contributed by atoms with Gasteiger partial charge in [-0.1, -0.05) is 57.4 Å². The summed E-state index contributed by atoms with van der Waals surface area (Å²) in [5.74, 6) is 3.54. The second-order valence-electron chi connectivity index (χ2n) is 7.79. The highest BCUT2D eigenvalue weighted by atomic mass is 14.9. The first kappa shape index (κ1) is 17.8. The fourth-order valence-electron chi connectivity index (χ4n) is 5.11. The molecule has 0 amide bonds. The maximum Gasteiger partial charge on any atom is 0.0130 e. The zero-order valence-electron chi connectivity index (χ0n) is 15.1. The maximum absolute atomic E-state index is 3.98. The molecule has 126 valence electrons. The Kier molecular flexibility index (Phi) is 7.21. The van der Waals surface area contributed by atoms with Crippen LogP contribution in [0.5, 0.6) is 0 Å². The first-order chi connectivity index (χ1) is 10.7. The van der Waals surface area contributed by atoms with Crippen molar-refractivity contribution in [2.24, 2.45) is 23.7 Å². The molecule has 1 N–H and O–H groups in total. The van der Waals surface area contributed by atoms with Gasteiger partial charge in [0, 0.05) is 6.04 Å². The molecular formula is C21H37N. The van der Waals surface area contributed by atoms with Gasteiger partial charge in [-0.15, -0.1) is 0 Å². The summed E-state index contributed by atoms with van der Waals surface area (Å²) in [7, 11) is 2.14. The van der Waals surface area contributed by atoms with E-state index in [0.29, 0.717) is 6.04 Å². The van der Waals surface area contributed by atoms with Gasteiger partial charge in [0.05, 0.1) is 0 Å². The van der Waals surface area contributed by atoms with Crippen molar-refractivity contribution < 1.29 is 0 Å². The van der Waals surface area contributed by atoms with Crippen LogP contribution in [0.3, 0.4) is 0 Å². The number of hydrogen-bond acceptors (Lipinski definition) is 1. The van der Waals surface area contributed by atoms with E-state index < -0.39 is 0 Å². The van der Waals surface area contributed by atoms with Crippen molar-refractivity contribution in [2.45, 2.75) is 77.7 Å². The monoisotopic (exact) mass is 303 g/mol. The predicted molar refractivity (Wildman–Crippen MR) is 98.0 cm³/mol. The van der Waals surface area contributed by atoms with E-state index in [1.165, 1.54) is 57.8 Å². The van der Waals surface area contributed by atoms with Crippen molar-refractivity contribution in [3.8, 4) is 0 Å². The molecule has 2 rings (SSSR count). The lowest BCUT2D eigenvalue weighted by Crippen LogP contribution is -2.37. The Hall–Kier alpha value is -0.560. The minimum atomic E-state index is 0.685. The Bertz CT molecular complexity index is 370. The van der Waals surface area contributed by atoms with E-state index in [9.17, 15) is 0 Å². The van der Waals surface area contributed by atoms with Gasteiger partial charge in [-0.2, -0.15) is 0 Å². The summed E-state index contributed by atoms with van der Waals surface area (Å²) in [6.45, 7) is 8.83. The van der Waals surface area contributed by atoms with Crippen molar-refractivity contribution in [1.82, 2.24) is 5.32 Å². The number of rotatable bonds is 6. The zero-order chi connectivity index (χ0) is 15.9. The van der Waals surface area contributed by atoms with Crippen LogP contribution in [0.2, 0.25) is 0 Å². The molecule has 0 aromatic rings. The van der Waals surface area contributed by atoms with E-state index >= 15 is 0 Å². The molecule has 0 spiro atoms. The highest BCUT2D eigenvalue weighted by Gasteiger charge is 2.31. The number of allylic oxidation sites excluding steroid dienone is 2. The van der Waals surface area contributed by atoms with Crippen LogP contribution in [0.25, 0.3) is 0 Å². The SMILES string of the molecule is C=C/C=C(\CC1CCC(CC)[C@H](C)C1)[C@H]1CCCCC1NC. The van der Waals surface area contributed by atoms with E-state index in [4.69, 9.17) is 0 Å². The van der Waals surface area contributed by atoms with Crippen molar-refractivity contribution in [1.29, 1.82) is 0 Å². The Morgan fingerprint density at radius 3 is 2.59 bits per heavy atom. The van der Waals surface area contributed by atoms with Crippen molar-refractivity contribution in [3.05, 3.63) is 24.3 Å². The second-order valence-corrected chi connectivity index (χ2v) is 7.79. The van der Waals surface area contributed by atoms with Gasteiger partial charge in [0.1, 0.15) is 0 Å². The summed E-state index contributed by atoms with van der Waals surface area (Å²) in [5, 5.41) is 3.58. The largest absolute Gasteiger partial charge is 0.316 e. The third kappa shape index (κ3) is 4.47. The quantitative estimate of drug-likeness (QED) is 0.618. The Morgan fingerprint density at radius 1 is 1.18 bits per heavy atom. The Morgan fingerprint density at radius 2 is 1.95 bits per heavy atom. The van der Waals surface area contributed by atoms with Gasteiger partial charge in [0.25, 0.3) is 0 Å². The molecule has 22 heavy (non-hydrogen) atoms. The molecule has 2 aliphatic rings. The molecule has 0 aromatic carbocycles. The van der Waals surface area contributed by atoms with Crippen LogP contribution >= 0.6 is 0 Å². The smallest absolute Gasteiger partial charge is 0.0130 e. The molecular weight excluding hydrogens is 266 g/mol. The van der Waals surface area contributed by atoms with Crippen LogP contribution < -0.4 is 5.32 Å².